The standard InChI is InChI=1S/C11H20O2/c1-3-5-7-9-11(13)10(12)8-6-4-2/h3-4,10-13H,1-2,5-9H2/t10-,11-/m1/s1. The molecule has 0 unspecified atom stereocenters. The molecule has 0 fully saturated rings. The first-order valence-electron chi connectivity index (χ1n) is 4.80. The van der Waals surface area contributed by atoms with Crippen LogP contribution in [0.25, 0.3) is 0 Å². The highest BCUT2D eigenvalue weighted by Crippen LogP contribution is 2.09. The van der Waals surface area contributed by atoms with Gasteiger partial charge in [-0.1, -0.05) is 12.2 Å². The quantitative estimate of drug-likeness (QED) is 0.447. The maximum atomic E-state index is 9.45. The van der Waals surface area contributed by atoms with E-state index in [1.807, 2.05) is 6.08 Å². The van der Waals surface area contributed by atoms with E-state index in [-0.39, 0.29) is 0 Å². The van der Waals surface area contributed by atoms with Crippen LogP contribution in [0.2, 0.25) is 0 Å². The van der Waals surface area contributed by atoms with Crippen molar-refractivity contribution in [2.24, 2.45) is 0 Å². The topological polar surface area (TPSA) is 40.5 Å². The number of rotatable bonds is 8. The Hall–Kier alpha value is -0.600. The van der Waals surface area contributed by atoms with Crippen molar-refractivity contribution in [3.63, 3.8) is 0 Å². The zero-order valence-electron chi connectivity index (χ0n) is 8.15. The number of hydrogen-bond acceptors (Lipinski definition) is 2. The van der Waals surface area contributed by atoms with Crippen LogP contribution in [0.1, 0.15) is 32.1 Å². The van der Waals surface area contributed by atoms with Gasteiger partial charge in [-0.2, -0.15) is 0 Å². The maximum absolute atomic E-state index is 9.45. The van der Waals surface area contributed by atoms with Gasteiger partial charge in [0.25, 0.3) is 0 Å². The van der Waals surface area contributed by atoms with Gasteiger partial charge in [0.2, 0.25) is 0 Å². The molecule has 0 radical (unpaired) electrons. The zero-order valence-corrected chi connectivity index (χ0v) is 8.15. The smallest absolute Gasteiger partial charge is 0.0802 e. The average molecular weight is 184 g/mol. The molecule has 0 saturated heterocycles. The fourth-order valence-electron chi connectivity index (χ4n) is 1.14. The SMILES string of the molecule is C=CCCC[C@@H](O)[C@H](O)CCC=C. The first kappa shape index (κ1) is 12.4. The van der Waals surface area contributed by atoms with Crippen molar-refractivity contribution in [2.75, 3.05) is 0 Å². The summed E-state index contributed by atoms with van der Waals surface area (Å²) in [7, 11) is 0. The number of aliphatic hydroxyl groups excluding tert-OH is 2. The summed E-state index contributed by atoms with van der Waals surface area (Å²) in [5.41, 5.74) is 0. The zero-order chi connectivity index (χ0) is 10.1. The maximum Gasteiger partial charge on any atom is 0.0802 e. The summed E-state index contributed by atoms with van der Waals surface area (Å²) < 4.78 is 0. The van der Waals surface area contributed by atoms with Crippen molar-refractivity contribution in [1.82, 2.24) is 0 Å². The number of allylic oxidation sites excluding steroid dienone is 2. The first-order valence-corrected chi connectivity index (χ1v) is 4.80. The fraction of sp³-hybridized carbons (Fsp3) is 0.636. The number of hydrogen-bond donors (Lipinski definition) is 2. The highest BCUT2D eigenvalue weighted by atomic mass is 16.3. The molecule has 0 heterocycles. The second kappa shape index (κ2) is 8.02. The van der Waals surface area contributed by atoms with E-state index < -0.39 is 12.2 Å². The molecule has 0 aliphatic carbocycles. The Morgan fingerprint density at radius 1 is 0.923 bits per heavy atom. The molecule has 0 aromatic heterocycles. The van der Waals surface area contributed by atoms with Crippen molar-refractivity contribution in [2.45, 2.75) is 44.3 Å². The highest BCUT2D eigenvalue weighted by Gasteiger charge is 2.13. The van der Waals surface area contributed by atoms with Crippen LogP contribution < -0.4 is 0 Å². The Balaban J connectivity index is 3.49. The van der Waals surface area contributed by atoms with E-state index in [0.717, 1.165) is 19.3 Å². The van der Waals surface area contributed by atoms with E-state index in [1.54, 1.807) is 6.08 Å². The molecular formula is C11H20O2. The lowest BCUT2D eigenvalue weighted by Crippen LogP contribution is -2.25. The minimum atomic E-state index is -0.609. The summed E-state index contributed by atoms with van der Waals surface area (Å²) in [5.74, 6) is 0. The summed E-state index contributed by atoms with van der Waals surface area (Å²) in [6.45, 7) is 7.16. The van der Waals surface area contributed by atoms with Gasteiger partial charge in [0.1, 0.15) is 0 Å². The van der Waals surface area contributed by atoms with Crippen LogP contribution in [0.3, 0.4) is 0 Å². The fourth-order valence-corrected chi connectivity index (χ4v) is 1.14. The van der Waals surface area contributed by atoms with Crippen molar-refractivity contribution >= 4 is 0 Å². The molecule has 2 atom stereocenters. The Morgan fingerprint density at radius 2 is 1.46 bits per heavy atom. The monoisotopic (exact) mass is 184 g/mol. The molecule has 0 aliphatic rings. The molecule has 0 bridgehead atoms. The summed E-state index contributed by atoms with van der Waals surface area (Å²) >= 11 is 0. The van der Waals surface area contributed by atoms with E-state index >= 15 is 0 Å². The number of unbranched alkanes of at least 4 members (excludes halogenated alkanes) is 1. The lowest BCUT2D eigenvalue weighted by Gasteiger charge is -2.16. The lowest BCUT2D eigenvalue weighted by atomic mass is 10.0. The molecule has 0 aromatic carbocycles. The van der Waals surface area contributed by atoms with Crippen LogP contribution in [-0.2, 0) is 0 Å². The van der Waals surface area contributed by atoms with E-state index in [2.05, 4.69) is 13.2 Å². The van der Waals surface area contributed by atoms with Crippen molar-refractivity contribution in [3.05, 3.63) is 25.3 Å². The van der Waals surface area contributed by atoms with Crippen molar-refractivity contribution in [1.29, 1.82) is 0 Å². The predicted octanol–water partition coefficient (Wildman–Crippen LogP) is 2.03. The molecule has 0 aromatic rings. The minimum absolute atomic E-state index is 0.596. The lowest BCUT2D eigenvalue weighted by molar-refractivity contribution is 0.00964. The van der Waals surface area contributed by atoms with Gasteiger partial charge < -0.3 is 10.2 Å². The molecule has 2 heteroatoms. The summed E-state index contributed by atoms with van der Waals surface area (Å²) in [4.78, 5) is 0. The van der Waals surface area contributed by atoms with Gasteiger partial charge in [-0.25, -0.2) is 0 Å². The molecule has 2 N–H and O–H groups in total. The van der Waals surface area contributed by atoms with Crippen molar-refractivity contribution < 1.29 is 10.2 Å². The third-order valence-electron chi connectivity index (χ3n) is 2.02. The largest absolute Gasteiger partial charge is 0.390 e. The molecule has 13 heavy (non-hydrogen) atoms. The first-order chi connectivity index (χ1) is 6.22. The van der Waals surface area contributed by atoms with Gasteiger partial charge in [-0.05, 0) is 32.1 Å². The van der Waals surface area contributed by atoms with E-state index in [0.29, 0.717) is 12.8 Å². The van der Waals surface area contributed by atoms with Gasteiger partial charge in [0.05, 0.1) is 12.2 Å². The molecule has 0 saturated carbocycles. The molecule has 2 nitrogen and oxygen atoms in total. The van der Waals surface area contributed by atoms with Gasteiger partial charge in [-0.15, -0.1) is 13.2 Å². The molecule has 0 amide bonds. The van der Waals surface area contributed by atoms with Crippen LogP contribution in [0.4, 0.5) is 0 Å². The summed E-state index contributed by atoms with van der Waals surface area (Å²) in [6.07, 6.45) is 6.13. The molecule has 76 valence electrons. The van der Waals surface area contributed by atoms with Crippen LogP contribution >= 0.6 is 0 Å². The van der Waals surface area contributed by atoms with Gasteiger partial charge >= 0.3 is 0 Å². The second-order valence-corrected chi connectivity index (χ2v) is 3.22. The average Bonchev–Trinajstić information content (AvgIpc) is 2.14. The Labute approximate surface area is 80.6 Å². The molecule has 0 aliphatic heterocycles. The van der Waals surface area contributed by atoms with E-state index in [9.17, 15) is 10.2 Å². The van der Waals surface area contributed by atoms with Crippen LogP contribution in [-0.4, -0.2) is 22.4 Å². The van der Waals surface area contributed by atoms with Gasteiger partial charge in [0, 0.05) is 0 Å². The molecule has 0 rings (SSSR count). The van der Waals surface area contributed by atoms with Crippen molar-refractivity contribution in [3.8, 4) is 0 Å². The van der Waals surface area contributed by atoms with Gasteiger partial charge in [-0.3, -0.25) is 0 Å². The third-order valence-corrected chi connectivity index (χ3v) is 2.02. The molecular weight excluding hydrogens is 164 g/mol. The van der Waals surface area contributed by atoms with Gasteiger partial charge in [0.15, 0.2) is 0 Å². The Bertz CT molecular complexity index is 143. The van der Waals surface area contributed by atoms with Crippen LogP contribution in [0.15, 0.2) is 25.3 Å². The number of aliphatic hydroxyl groups is 2. The summed E-state index contributed by atoms with van der Waals surface area (Å²) in [6, 6.07) is 0. The minimum Gasteiger partial charge on any atom is -0.390 e. The second-order valence-electron chi connectivity index (χ2n) is 3.22. The molecule has 0 spiro atoms. The summed E-state index contributed by atoms with van der Waals surface area (Å²) in [5, 5.41) is 18.9. The highest BCUT2D eigenvalue weighted by molar-refractivity contribution is 4.75. The van der Waals surface area contributed by atoms with Crippen LogP contribution in [0, 0.1) is 0 Å². The predicted molar refractivity (Wildman–Crippen MR) is 55.5 cm³/mol. The van der Waals surface area contributed by atoms with Crippen LogP contribution in [0.5, 0.6) is 0 Å². The van der Waals surface area contributed by atoms with E-state index in [4.69, 9.17) is 0 Å². The normalized spacial score (nSPS) is 14.9. The Morgan fingerprint density at radius 3 is 2.00 bits per heavy atom. The third kappa shape index (κ3) is 6.55. The van der Waals surface area contributed by atoms with E-state index in [1.165, 1.54) is 0 Å². The Kier molecular flexibility index (Phi) is 7.65.